The van der Waals surface area contributed by atoms with Crippen LogP contribution in [0.15, 0.2) is 12.1 Å². The van der Waals surface area contributed by atoms with Crippen LogP contribution in [0.1, 0.15) is 4.88 Å². The van der Waals surface area contributed by atoms with Crippen LogP contribution in [0.3, 0.4) is 0 Å². The first-order valence-corrected chi connectivity index (χ1v) is 5.06. The lowest BCUT2D eigenvalue weighted by atomic mass is 10.1. The summed E-state index contributed by atoms with van der Waals surface area (Å²) in [6.07, 6.45) is -6.84. The molecule has 8 heteroatoms. The van der Waals surface area contributed by atoms with Gasteiger partial charge in [0.1, 0.15) is 0 Å². The Labute approximate surface area is 95.8 Å². The van der Waals surface area contributed by atoms with Crippen LogP contribution in [0.4, 0.5) is 22.0 Å². The Bertz CT molecular complexity index is 397. The van der Waals surface area contributed by atoms with Gasteiger partial charge in [0.15, 0.2) is 0 Å². The standard InChI is InChI=1S/C8H4ClF5OS/c9-6-2-1-4(16-6)3-5(15)7(10,11)8(12,13)14/h1-2H,3H2. The molecule has 1 nitrogen and oxygen atoms in total. The normalized spacial score (nSPS) is 12.9. The van der Waals surface area contributed by atoms with E-state index < -0.39 is 24.3 Å². The van der Waals surface area contributed by atoms with Gasteiger partial charge in [-0.05, 0) is 12.1 Å². The lowest BCUT2D eigenvalue weighted by Crippen LogP contribution is -2.44. The van der Waals surface area contributed by atoms with Crippen LogP contribution < -0.4 is 0 Å². The molecule has 90 valence electrons. The van der Waals surface area contributed by atoms with E-state index in [2.05, 4.69) is 0 Å². The minimum atomic E-state index is -5.86. The van der Waals surface area contributed by atoms with Gasteiger partial charge in [0.05, 0.1) is 4.34 Å². The molecule has 0 saturated carbocycles. The Morgan fingerprint density at radius 1 is 1.25 bits per heavy atom. The Balaban J connectivity index is 2.80. The van der Waals surface area contributed by atoms with E-state index in [1.54, 1.807) is 0 Å². The number of alkyl halides is 5. The van der Waals surface area contributed by atoms with E-state index in [1.165, 1.54) is 12.1 Å². The van der Waals surface area contributed by atoms with Crippen molar-refractivity contribution in [2.75, 3.05) is 0 Å². The van der Waals surface area contributed by atoms with E-state index in [-0.39, 0.29) is 9.21 Å². The van der Waals surface area contributed by atoms with Crippen LogP contribution in [-0.2, 0) is 11.2 Å². The summed E-state index contributed by atoms with van der Waals surface area (Å²) in [6.45, 7) is 0. The van der Waals surface area contributed by atoms with Gasteiger partial charge >= 0.3 is 12.1 Å². The lowest BCUT2D eigenvalue weighted by molar-refractivity contribution is -0.268. The number of hydrogen-bond acceptors (Lipinski definition) is 2. The Hall–Kier alpha value is -0.690. The molecule has 0 saturated heterocycles. The minimum absolute atomic E-state index is 0.0684. The van der Waals surface area contributed by atoms with Crippen LogP contribution in [0, 0.1) is 0 Å². The second kappa shape index (κ2) is 4.29. The summed E-state index contributed by atoms with van der Waals surface area (Å²) in [5.74, 6) is -7.50. The summed E-state index contributed by atoms with van der Waals surface area (Å²) < 4.78 is 60.6. The molecule has 0 amide bonds. The number of thiophene rings is 1. The zero-order chi connectivity index (χ0) is 12.6. The zero-order valence-electron chi connectivity index (χ0n) is 7.45. The molecule has 16 heavy (non-hydrogen) atoms. The summed E-state index contributed by atoms with van der Waals surface area (Å²) in [5.41, 5.74) is 0. The van der Waals surface area contributed by atoms with Crippen LogP contribution >= 0.6 is 22.9 Å². The maximum atomic E-state index is 12.5. The average Bonchev–Trinajstić information content (AvgIpc) is 2.49. The van der Waals surface area contributed by atoms with Gasteiger partial charge in [0, 0.05) is 11.3 Å². The molecule has 1 aromatic heterocycles. The maximum absolute atomic E-state index is 12.5. The molecule has 0 atom stereocenters. The average molecular weight is 279 g/mol. The van der Waals surface area contributed by atoms with Crippen LogP contribution in [0.2, 0.25) is 4.34 Å². The molecule has 0 fully saturated rings. The Morgan fingerprint density at radius 2 is 1.81 bits per heavy atom. The van der Waals surface area contributed by atoms with Crippen molar-refractivity contribution in [3.63, 3.8) is 0 Å². The fourth-order valence-corrected chi connectivity index (χ4v) is 1.96. The highest BCUT2D eigenvalue weighted by molar-refractivity contribution is 7.16. The van der Waals surface area contributed by atoms with E-state index in [0.717, 1.165) is 11.3 Å². The number of carbonyl (C=O) groups is 1. The van der Waals surface area contributed by atoms with Gasteiger partial charge in [0.25, 0.3) is 0 Å². The summed E-state index contributed by atoms with van der Waals surface area (Å²) >= 11 is 6.23. The monoisotopic (exact) mass is 278 g/mol. The number of carbonyl (C=O) groups excluding carboxylic acids is 1. The molecule has 1 heterocycles. The van der Waals surface area contributed by atoms with Gasteiger partial charge in [-0.15, -0.1) is 11.3 Å². The molecule has 1 aromatic rings. The second-order valence-corrected chi connectivity index (χ2v) is 4.68. The Kier molecular flexibility index (Phi) is 3.59. The maximum Gasteiger partial charge on any atom is 0.461 e. The van der Waals surface area contributed by atoms with Crippen molar-refractivity contribution in [3.8, 4) is 0 Å². The molecular weight excluding hydrogens is 275 g/mol. The molecule has 0 radical (unpaired) electrons. The second-order valence-electron chi connectivity index (χ2n) is 2.88. The lowest BCUT2D eigenvalue weighted by Gasteiger charge is -2.17. The van der Waals surface area contributed by atoms with E-state index in [1.807, 2.05) is 0 Å². The van der Waals surface area contributed by atoms with Gasteiger partial charge in [-0.25, -0.2) is 0 Å². The van der Waals surface area contributed by atoms with Crippen LogP contribution in [0.25, 0.3) is 0 Å². The largest absolute Gasteiger partial charge is 0.461 e. The first kappa shape index (κ1) is 13.4. The van der Waals surface area contributed by atoms with E-state index in [0.29, 0.717) is 0 Å². The summed E-state index contributed by atoms with van der Waals surface area (Å²) in [7, 11) is 0. The zero-order valence-corrected chi connectivity index (χ0v) is 9.02. The topological polar surface area (TPSA) is 17.1 Å². The number of Topliss-reactive ketones (excluding diaryl/α,β-unsaturated/α-hetero) is 1. The fraction of sp³-hybridized carbons (Fsp3) is 0.375. The molecule has 0 aliphatic carbocycles. The van der Waals surface area contributed by atoms with Crippen molar-refractivity contribution < 1.29 is 26.7 Å². The third kappa shape index (κ3) is 2.70. The first-order valence-electron chi connectivity index (χ1n) is 3.86. The van der Waals surface area contributed by atoms with Crippen molar-refractivity contribution in [1.82, 2.24) is 0 Å². The molecule has 0 aromatic carbocycles. The van der Waals surface area contributed by atoms with E-state index >= 15 is 0 Å². The highest BCUT2D eigenvalue weighted by Crippen LogP contribution is 2.37. The van der Waals surface area contributed by atoms with Gasteiger partial charge in [-0.2, -0.15) is 22.0 Å². The molecule has 0 unspecified atom stereocenters. The van der Waals surface area contributed by atoms with Gasteiger partial charge in [-0.1, -0.05) is 11.6 Å². The Morgan fingerprint density at radius 3 is 2.19 bits per heavy atom. The summed E-state index contributed by atoms with van der Waals surface area (Å²) in [6, 6.07) is 2.55. The van der Waals surface area contributed by atoms with E-state index in [4.69, 9.17) is 11.6 Å². The number of hydrogen-bond donors (Lipinski definition) is 0. The fourth-order valence-electron chi connectivity index (χ4n) is 0.874. The smallest absolute Gasteiger partial charge is 0.292 e. The SMILES string of the molecule is O=C(Cc1ccc(Cl)s1)C(F)(F)C(F)(F)F. The first-order chi connectivity index (χ1) is 7.14. The van der Waals surface area contributed by atoms with Crippen molar-refractivity contribution in [3.05, 3.63) is 21.3 Å². The van der Waals surface area contributed by atoms with Crippen molar-refractivity contribution in [2.45, 2.75) is 18.5 Å². The highest BCUT2D eigenvalue weighted by Gasteiger charge is 2.62. The quantitative estimate of drug-likeness (QED) is 0.770. The van der Waals surface area contributed by atoms with Gasteiger partial charge in [0.2, 0.25) is 5.78 Å². The van der Waals surface area contributed by atoms with Crippen molar-refractivity contribution in [2.24, 2.45) is 0 Å². The number of halogens is 6. The minimum Gasteiger partial charge on any atom is -0.292 e. The predicted octanol–water partition coefficient (Wildman–Crippen LogP) is 3.71. The van der Waals surface area contributed by atoms with Crippen molar-refractivity contribution in [1.29, 1.82) is 0 Å². The predicted molar refractivity (Wildman–Crippen MR) is 49.0 cm³/mol. The number of rotatable bonds is 3. The highest BCUT2D eigenvalue weighted by atomic mass is 35.5. The molecule has 1 rings (SSSR count). The summed E-state index contributed by atoms with van der Waals surface area (Å²) in [4.78, 5) is 10.9. The molecule has 0 aliphatic heterocycles. The third-order valence-electron chi connectivity index (χ3n) is 1.67. The number of ketones is 1. The summed E-state index contributed by atoms with van der Waals surface area (Å²) in [5, 5.41) is 0. The molecule has 0 spiro atoms. The molecular formula is C8H4ClF5OS. The molecule has 0 aliphatic rings. The molecule has 0 bridgehead atoms. The van der Waals surface area contributed by atoms with Crippen LogP contribution in [-0.4, -0.2) is 17.9 Å². The van der Waals surface area contributed by atoms with Gasteiger partial charge < -0.3 is 0 Å². The van der Waals surface area contributed by atoms with Gasteiger partial charge in [-0.3, -0.25) is 4.79 Å². The van der Waals surface area contributed by atoms with E-state index in [9.17, 15) is 26.7 Å². The van der Waals surface area contributed by atoms with Crippen molar-refractivity contribution >= 4 is 28.7 Å². The molecule has 0 N–H and O–H groups in total. The van der Waals surface area contributed by atoms with Crippen LogP contribution in [0.5, 0.6) is 0 Å². The third-order valence-corrected chi connectivity index (χ3v) is 2.90.